The maximum Gasteiger partial charge on any atom is 0.228 e. The molecule has 0 spiro atoms. The lowest BCUT2D eigenvalue weighted by molar-refractivity contribution is -0.135. The van der Waals surface area contributed by atoms with E-state index in [4.69, 9.17) is 0 Å². The number of aromatic amines is 1. The van der Waals surface area contributed by atoms with Crippen LogP contribution in [0.25, 0.3) is 10.9 Å². The summed E-state index contributed by atoms with van der Waals surface area (Å²) in [6.07, 6.45) is 2.55. The first-order valence-corrected chi connectivity index (χ1v) is 8.27. The van der Waals surface area contributed by atoms with E-state index >= 15 is 0 Å². The van der Waals surface area contributed by atoms with Gasteiger partial charge in [0.25, 0.3) is 0 Å². The molecule has 0 aliphatic carbocycles. The van der Waals surface area contributed by atoms with Gasteiger partial charge in [0.15, 0.2) is 0 Å². The lowest BCUT2D eigenvalue weighted by atomic mass is 9.79. The summed E-state index contributed by atoms with van der Waals surface area (Å²) in [7, 11) is 0. The van der Waals surface area contributed by atoms with Gasteiger partial charge < -0.3 is 9.88 Å². The highest BCUT2D eigenvalue weighted by Crippen LogP contribution is 2.49. The van der Waals surface area contributed by atoms with Crippen molar-refractivity contribution in [3.63, 3.8) is 0 Å². The molecular weight excluding hydrogens is 284 g/mol. The van der Waals surface area contributed by atoms with E-state index in [0.717, 1.165) is 24.9 Å². The molecule has 3 aromatic rings. The molecule has 1 fully saturated rings. The first-order chi connectivity index (χ1) is 11.3. The number of nitrogens with one attached hydrogen (secondary N) is 1. The van der Waals surface area contributed by atoms with Crippen LogP contribution in [0.2, 0.25) is 0 Å². The Morgan fingerprint density at radius 3 is 2.65 bits per heavy atom. The molecule has 3 nitrogen and oxygen atoms in total. The summed E-state index contributed by atoms with van der Waals surface area (Å²) in [5.41, 5.74) is 4.45. The lowest BCUT2D eigenvalue weighted by Crippen LogP contribution is -2.50. The van der Waals surface area contributed by atoms with E-state index in [-0.39, 0.29) is 11.4 Å². The minimum absolute atomic E-state index is 0.253. The summed E-state index contributed by atoms with van der Waals surface area (Å²) in [4.78, 5) is 18.6. The second kappa shape index (κ2) is 4.48. The second-order valence-corrected chi connectivity index (χ2v) is 6.58. The molecule has 1 aromatic heterocycles. The molecule has 0 bridgehead atoms. The molecule has 2 aliphatic rings. The molecule has 5 rings (SSSR count). The van der Waals surface area contributed by atoms with Gasteiger partial charge in [0.05, 0.1) is 12.1 Å². The maximum atomic E-state index is 12.9. The van der Waals surface area contributed by atoms with Crippen molar-refractivity contribution in [2.45, 2.75) is 24.8 Å². The normalized spacial score (nSPS) is 23.1. The van der Waals surface area contributed by atoms with Gasteiger partial charge in [-0.05, 0) is 30.0 Å². The molecule has 0 radical (unpaired) electrons. The predicted molar refractivity (Wildman–Crippen MR) is 90.2 cm³/mol. The average Bonchev–Trinajstić information content (AvgIpc) is 3.19. The van der Waals surface area contributed by atoms with Crippen molar-refractivity contribution in [1.29, 1.82) is 0 Å². The zero-order valence-electron chi connectivity index (χ0n) is 12.9. The number of hydrogen-bond acceptors (Lipinski definition) is 1. The molecule has 2 aromatic carbocycles. The highest BCUT2D eigenvalue weighted by atomic mass is 16.2. The van der Waals surface area contributed by atoms with E-state index < -0.39 is 0 Å². The van der Waals surface area contributed by atoms with E-state index in [9.17, 15) is 4.79 Å². The quantitative estimate of drug-likeness (QED) is 0.732. The largest absolute Gasteiger partial charge is 0.356 e. The number of fused-ring (bicyclic) bond motifs is 5. The van der Waals surface area contributed by atoms with Crippen molar-refractivity contribution in [2.75, 3.05) is 6.54 Å². The Morgan fingerprint density at radius 1 is 1.00 bits per heavy atom. The molecule has 3 heteroatoms. The molecule has 1 N–H and O–H groups in total. The summed E-state index contributed by atoms with van der Waals surface area (Å²) < 4.78 is 0. The van der Waals surface area contributed by atoms with E-state index in [1.54, 1.807) is 0 Å². The molecular formula is C20H18N2O. The average molecular weight is 302 g/mol. The predicted octanol–water partition coefficient (Wildman–Crippen LogP) is 3.59. The van der Waals surface area contributed by atoms with Gasteiger partial charge in [0.1, 0.15) is 5.54 Å². The molecule has 114 valence electrons. The Labute approximate surface area is 134 Å². The molecule has 1 unspecified atom stereocenters. The van der Waals surface area contributed by atoms with Crippen LogP contribution in [-0.2, 0) is 16.8 Å². The third-order valence-corrected chi connectivity index (χ3v) is 5.49. The van der Waals surface area contributed by atoms with Gasteiger partial charge in [-0.15, -0.1) is 0 Å². The van der Waals surface area contributed by atoms with Crippen LogP contribution < -0.4 is 0 Å². The number of carbonyl (C=O) groups excluding carboxylic acids is 1. The lowest BCUT2D eigenvalue weighted by Gasteiger charge is -2.42. The standard InChI is InChI=1S/C20H18N2O/c23-18-13-16-15-9-4-5-10-17(15)21-19(16)20(11-6-12-22(18)20)14-7-2-1-3-8-14/h1-5,7-10,21H,6,11-13H2. The van der Waals surface area contributed by atoms with E-state index in [1.807, 2.05) is 12.1 Å². The van der Waals surface area contributed by atoms with E-state index in [1.165, 1.54) is 22.2 Å². The van der Waals surface area contributed by atoms with Crippen LogP contribution in [0, 0.1) is 0 Å². The number of carbonyl (C=O) groups is 1. The second-order valence-electron chi connectivity index (χ2n) is 6.58. The van der Waals surface area contributed by atoms with Gasteiger partial charge in [-0.1, -0.05) is 48.5 Å². The number of para-hydroxylation sites is 1. The Kier molecular flexibility index (Phi) is 2.52. The molecule has 2 aliphatic heterocycles. The van der Waals surface area contributed by atoms with Gasteiger partial charge in [-0.25, -0.2) is 0 Å². The Morgan fingerprint density at radius 2 is 1.78 bits per heavy atom. The maximum absolute atomic E-state index is 12.9. The van der Waals surface area contributed by atoms with Crippen LogP contribution in [0.4, 0.5) is 0 Å². The van der Waals surface area contributed by atoms with Crippen molar-refractivity contribution in [3.8, 4) is 0 Å². The van der Waals surface area contributed by atoms with Crippen molar-refractivity contribution in [2.24, 2.45) is 0 Å². The monoisotopic (exact) mass is 302 g/mol. The van der Waals surface area contributed by atoms with Crippen LogP contribution in [0.5, 0.6) is 0 Å². The SMILES string of the molecule is O=C1Cc2c([nH]c3ccccc23)C2(c3ccccc3)CCCN12. The van der Waals surface area contributed by atoms with Gasteiger partial charge in [-0.3, -0.25) is 4.79 Å². The molecule has 0 saturated carbocycles. The summed E-state index contributed by atoms with van der Waals surface area (Å²) >= 11 is 0. The number of rotatable bonds is 1. The molecule has 3 heterocycles. The number of benzene rings is 2. The minimum Gasteiger partial charge on any atom is -0.356 e. The summed E-state index contributed by atoms with van der Waals surface area (Å²) in [5, 5.41) is 1.19. The van der Waals surface area contributed by atoms with Gasteiger partial charge in [0, 0.05) is 17.4 Å². The van der Waals surface area contributed by atoms with Crippen LogP contribution in [0.1, 0.15) is 29.7 Å². The zero-order chi connectivity index (χ0) is 15.4. The fourth-order valence-electron chi connectivity index (χ4n) is 4.56. The van der Waals surface area contributed by atoms with Crippen molar-refractivity contribution in [1.82, 2.24) is 9.88 Å². The first kappa shape index (κ1) is 12.9. The topological polar surface area (TPSA) is 36.1 Å². The van der Waals surface area contributed by atoms with Gasteiger partial charge in [-0.2, -0.15) is 0 Å². The highest BCUT2D eigenvalue weighted by molar-refractivity contribution is 5.93. The Balaban J connectivity index is 1.87. The number of amides is 1. The Bertz CT molecular complexity index is 912. The van der Waals surface area contributed by atoms with Gasteiger partial charge in [0.2, 0.25) is 5.91 Å². The number of H-pyrrole nitrogens is 1. The molecule has 1 saturated heterocycles. The molecule has 23 heavy (non-hydrogen) atoms. The summed E-state index contributed by atoms with van der Waals surface area (Å²) in [6.45, 7) is 0.850. The van der Waals surface area contributed by atoms with Crippen LogP contribution in [0.3, 0.4) is 0 Å². The van der Waals surface area contributed by atoms with Crippen molar-refractivity contribution in [3.05, 3.63) is 71.4 Å². The summed E-state index contributed by atoms with van der Waals surface area (Å²) in [6, 6.07) is 18.8. The smallest absolute Gasteiger partial charge is 0.228 e. The summed E-state index contributed by atoms with van der Waals surface area (Å²) in [5.74, 6) is 0.253. The van der Waals surface area contributed by atoms with Gasteiger partial charge >= 0.3 is 0 Å². The van der Waals surface area contributed by atoms with Crippen LogP contribution >= 0.6 is 0 Å². The number of nitrogens with zero attached hydrogens (tertiary/aromatic N) is 1. The number of hydrogen-bond donors (Lipinski definition) is 1. The van der Waals surface area contributed by atoms with Crippen molar-refractivity contribution < 1.29 is 4.79 Å². The highest BCUT2D eigenvalue weighted by Gasteiger charge is 2.51. The third kappa shape index (κ3) is 1.57. The zero-order valence-corrected chi connectivity index (χ0v) is 12.9. The van der Waals surface area contributed by atoms with E-state index in [0.29, 0.717) is 6.42 Å². The third-order valence-electron chi connectivity index (χ3n) is 5.49. The Hall–Kier alpha value is -2.55. The molecule has 1 amide bonds. The van der Waals surface area contributed by atoms with Crippen LogP contribution in [-0.4, -0.2) is 22.3 Å². The fraction of sp³-hybridized carbons (Fsp3) is 0.250. The number of aromatic nitrogens is 1. The van der Waals surface area contributed by atoms with Crippen molar-refractivity contribution >= 4 is 16.8 Å². The van der Waals surface area contributed by atoms with E-state index in [2.05, 4.69) is 52.3 Å². The fourth-order valence-corrected chi connectivity index (χ4v) is 4.56. The van der Waals surface area contributed by atoms with Crippen LogP contribution in [0.15, 0.2) is 54.6 Å². The minimum atomic E-state index is -0.315. The first-order valence-electron chi connectivity index (χ1n) is 8.27. The molecule has 1 atom stereocenters.